The first-order valence-corrected chi connectivity index (χ1v) is 7.24. The smallest absolute Gasteiger partial charge is 0.276 e. The van der Waals surface area contributed by atoms with Crippen molar-refractivity contribution in [2.24, 2.45) is 11.8 Å². The molecule has 110 valence electrons. The Balaban J connectivity index is 2.07. The first-order chi connectivity index (χ1) is 9.60. The summed E-state index contributed by atoms with van der Waals surface area (Å²) in [5.41, 5.74) is 0.0675. The molecule has 6 heteroatoms. The minimum absolute atomic E-state index is 0.0675. The largest absolute Gasteiger partial charge is 0.370 e. The van der Waals surface area contributed by atoms with Crippen LogP contribution in [0.1, 0.15) is 33.1 Å². The highest BCUT2D eigenvalue weighted by molar-refractivity contribution is 5.54. The average Bonchev–Trinajstić information content (AvgIpc) is 2.82. The van der Waals surface area contributed by atoms with Crippen molar-refractivity contribution in [3.63, 3.8) is 0 Å². The number of rotatable bonds is 6. The molecule has 1 aliphatic rings. The van der Waals surface area contributed by atoms with Gasteiger partial charge in [-0.15, -0.1) is 0 Å². The van der Waals surface area contributed by atoms with E-state index in [1.54, 1.807) is 0 Å². The molecule has 0 spiro atoms. The predicted molar refractivity (Wildman–Crippen MR) is 80.0 cm³/mol. The monoisotopic (exact) mass is 278 g/mol. The highest BCUT2D eigenvalue weighted by Gasteiger charge is 2.23. The van der Waals surface area contributed by atoms with Gasteiger partial charge >= 0.3 is 0 Å². The van der Waals surface area contributed by atoms with Crippen LogP contribution in [0.4, 0.5) is 17.3 Å². The molecule has 2 unspecified atom stereocenters. The summed E-state index contributed by atoms with van der Waals surface area (Å²) < 4.78 is 0. The van der Waals surface area contributed by atoms with Gasteiger partial charge in [0.05, 0.1) is 17.1 Å². The second-order valence-corrected chi connectivity index (χ2v) is 5.43. The number of hydrogen-bond donors (Lipinski definition) is 2. The van der Waals surface area contributed by atoms with E-state index in [1.165, 1.54) is 31.4 Å². The number of nitrogens with one attached hydrogen (secondary N) is 2. The molecule has 1 aromatic rings. The molecular weight excluding hydrogens is 256 g/mol. The summed E-state index contributed by atoms with van der Waals surface area (Å²) in [5, 5.41) is 17.2. The van der Waals surface area contributed by atoms with E-state index >= 15 is 0 Å². The van der Waals surface area contributed by atoms with E-state index in [0.29, 0.717) is 24.1 Å². The zero-order chi connectivity index (χ0) is 14.5. The van der Waals surface area contributed by atoms with Gasteiger partial charge < -0.3 is 10.6 Å². The Bertz CT molecular complexity index is 478. The molecule has 0 aliphatic heterocycles. The lowest BCUT2D eigenvalue weighted by atomic mass is 9.98. The van der Waals surface area contributed by atoms with Gasteiger partial charge in [-0.25, -0.2) is 4.98 Å². The SMILES string of the molecule is CCNc1cc([N+](=O)[O-])cc(NCC2CCCC2C)n1. The molecule has 20 heavy (non-hydrogen) atoms. The second kappa shape index (κ2) is 6.54. The van der Waals surface area contributed by atoms with Crippen molar-refractivity contribution in [1.29, 1.82) is 0 Å². The van der Waals surface area contributed by atoms with E-state index in [4.69, 9.17) is 0 Å². The van der Waals surface area contributed by atoms with Gasteiger partial charge in [-0.2, -0.15) is 0 Å². The molecule has 0 bridgehead atoms. The van der Waals surface area contributed by atoms with Crippen LogP contribution in [0.3, 0.4) is 0 Å². The van der Waals surface area contributed by atoms with Crippen LogP contribution in [0.5, 0.6) is 0 Å². The van der Waals surface area contributed by atoms with Gasteiger partial charge in [-0.05, 0) is 25.2 Å². The summed E-state index contributed by atoms with van der Waals surface area (Å²) in [7, 11) is 0. The van der Waals surface area contributed by atoms with Crippen LogP contribution in [0.2, 0.25) is 0 Å². The maximum atomic E-state index is 10.9. The van der Waals surface area contributed by atoms with Gasteiger partial charge in [-0.1, -0.05) is 19.8 Å². The van der Waals surface area contributed by atoms with Crippen molar-refractivity contribution >= 4 is 17.3 Å². The predicted octanol–water partition coefficient (Wildman–Crippen LogP) is 3.27. The summed E-state index contributed by atoms with van der Waals surface area (Å²) >= 11 is 0. The standard InChI is InChI=1S/C14H22N4O2/c1-3-15-13-7-12(18(19)20)8-14(17-13)16-9-11-6-4-5-10(11)2/h7-8,10-11H,3-6,9H2,1-2H3,(H2,15,16,17). The lowest BCUT2D eigenvalue weighted by Crippen LogP contribution is -2.17. The quantitative estimate of drug-likeness (QED) is 0.616. The van der Waals surface area contributed by atoms with Gasteiger partial charge in [0.2, 0.25) is 0 Å². The summed E-state index contributed by atoms with van der Waals surface area (Å²) in [4.78, 5) is 14.9. The van der Waals surface area contributed by atoms with Crippen molar-refractivity contribution in [1.82, 2.24) is 4.98 Å². The fourth-order valence-corrected chi connectivity index (χ4v) is 2.74. The summed E-state index contributed by atoms with van der Waals surface area (Å²) in [6, 6.07) is 2.97. The third-order valence-electron chi connectivity index (χ3n) is 3.96. The zero-order valence-electron chi connectivity index (χ0n) is 12.1. The van der Waals surface area contributed by atoms with E-state index in [1.807, 2.05) is 6.92 Å². The Kier molecular flexibility index (Phi) is 4.76. The fourth-order valence-electron chi connectivity index (χ4n) is 2.74. The Labute approximate surface area is 119 Å². The van der Waals surface area contributed by atoms with Crippen LogP contribution >= 0.6 is 0 Å². The third-order valence-corrected chi connectivity index (χ3v) is 3.96. The number of anilines is 2. The minimum Gasteiger partial charge on any atom is -0.370 e. The zero-order valence-corrected chi connectivity index (χ0v) is 12.1. The number of nitrogens with zero attached hydrogens (tertiary/aromatic N) is 2. The summed E-state index contributed by atoms with van der Waals surface area (Å²) in [6.07, 6.45) is 3.78. The third kappa shape index (κ3) is 3.59. The topological polar surface area (TPSA) is 80.1 Å². The van der Waals surface area contributed by atoms with Crippen LogP contribution in [0.25, 0.3) is 0 Å². The highest BCUT2D eigenvalue weighted by atomic mass is 16.6. The van der Waals surface area contributed by atoms with Crippen LogP contribution in [0, 0.1) is 22.0 Å². The first kappa shape index (κ1) is 14.6. The van der Waals surface area contributed by atoms with Gasteiger partial charge in [0, 0.05) is 13.1 Å². The van der Waals surface area contributed by atoms with Crippen LogP contribution in [0.15, 0.2) is 12.1 Å². The Morgan fingerprint density at radius 3 is 2.60 bits per heavy atom. The molecule has 2 rings (SSSR count). The second-order valence-electron chi connectivity index (χ2n) is 5.43. The van der Waals surface area contributed by atoms with Crippen molar-refractivity contribution < 1.29 is 4.92 Å². The molecule has 0 saturated heterocycles. The van der Waals surface area contributed by atoms with Gasteiger partial charge in [0.15, 0.2) is 0 Å². The van der Waals surface area contributed by atoms with Crippen molar-refractivity contribution in [3.05, 3.63) is 22.2 Å². The average molecular weight is 278 g/mol. The van der Waals surface area contributed by atoms with Crippen LogP contribution in [-0.2, 0) is 0 Å². The summed E-state index contributed by atoms with van der Waals surface area (Å²) in [5.74, 6) is 2.48. The van der Waals surface area contributed by atoms with E-state index in [9.17, 15) is 10.1 Å². The van der Waals surface area contributed by atoms with E-state index in [0.717, 1.165) is 12.5 Å². The normalized spacial score (nSPS) is 21.7. The van der Waals surface area contributed by atoms with Gasteiger partial charge in [0.1, 0.15) is 11.6 Å². The Morgan fingerprint density at radius 1 is 1.35 bits per heavy atom. The maximum Gasteiger partial charge on any atom is 0.276 e. The highest BCUT2D eigenvalue weighted by Crippen LogP contribution is 2.31. The molecule has 1 fully saturated rings. The molecule has 1 heterocycles. The molecule has 1 saturated carbocycles. The maximum absolute atomic E-state index is 10.9. The lowest BCUT2D eigenvalue weighted by Gasteiger charge is -2.16. The van der Waals surface area contributed by atoms with Crippen LogP contribution in [-0.4, -0.2) is 23.0 Å². The van der Waals surface area contributed by atoms with Gasteiger partial charge in [-0.3, -0.25) is 10.1 Å². The Morgan fingerprint density at radius 2 is 2.05 bits per heavy atom. The molecule has 0 radical (unpaired) electrons. The minimum atomic E-state index is -0.383. The number of nitro groups is 1. The molecule has 6 nitrogen and oxygen atoms in total. The molecule has 0 aromatic carbocycles. The van der Waals surface area contributed by atoms with E-state index in [-0.39, 0.29) is 10.6 Å². The van der Waals surface area contributed by atoms with Crippen LogP contribution < -0.4 is 10.6 Å². The van der Waals surface area contributed by atoms with Crippen molar-refractivity contribution in [2.75, 3.05) is 23.7 Å². The molecular formula is C14H22N4O2. The van der Waals surface area contributed by atoms with Crippen molar-refractivity contribution in [2.45, 2.75) is 33.1 Å². The number of hydrogen-bond acceptors (Lipinski definition) is 5. The molecule has 2 atom stereocenters. The Hall–Kier alpha value is -1.85. The van der Waals surface area contributed by atoms with Crippen molar-refractivity contribution in [3.8, 4) is 0 Å². The molecule has 2 N–H and O–H groups in total. The number of pyridine rings is 1. The molecule has 1 aliphatic carbocycles. The van der Waals surface area contributed by atoms with E-state index in [2.05, 4.69) is 22.5 Å². The lowest BCUT2D eigenvalue weighted by molar-refractivity contribution is -0.384. The molecule has 1 aromatic heterocycles. The number of aromatic nitrogens is 1. The molecule has 0 amide bonds. The fraction of sp³-hybridized carbons (Fsp3) is 0.643. The van der Waals surface area contributed by atoms with Gasteiger partial charge in [0.25, 0.3) is 5.69 Å². The van der Waals surface area contributed by atoms with E-state index < -0.39 is 0 Å². The first-order valence-electron chi connectivity index (χ1n) is 7.24. The summed E-state index contributed by atoms with van der Waals surface area (Å²) in [6.45, 7) is 5.73.